The van der Waals surface area contributed by atoms with E-state index in [9.17, 15) is 19.5 Å². The van der Waals surface area contributed by atoms with Gasteiger partial charge in [-0.1, -0.05) is 31.9 Å². The number of aliphatic carboxylic acids is 1. The third-order valence-electron chi connectivity index (χ3n) is 2.56. The Morgan fingerprint density at radius 1 is 1.29 bits per heavy atom. The number of carboxylic acid groups (broad SMARTS) is 1. The smallest absolute Gasteiger partial charge is 0.327 e. The second-order valence-corrected chi connectivity index (χ2v) is 9.03. The molecule has 1 unspecified atom stereocenters. The van der Waals surface area contributed by atoms with Crippen molar-refractivity contribution in [2.75, 3.05) is 7.11 Å². The van der Waals surface area contributed by atoms with Crippen LogP contribution in [0.1, 0.15) is 20.8 Å². The third-order valence-corrected chi connectivity index (χ3v) is 4.10. The maximum Gasteiger partial charge on any atom is 0.327 e. The Kier molecular flexibility index (Phi) is 7.68. The fourth-order valence-electron chi connectivity index (χ4n) is 1.48. The lowest BCUT2D eigenvalue weighted by atomic mass is 10.0. The highest BCUT2D eigenvalue weighted by Crippen LogP contribution is 2.27. The molecule has 0 rings (SSSR count). The zero-order valence-corrected chi connectivity index (χ0v) is 16.0. The largest absolute Gasteiger partial charge is 0.480 e. The van der Waals surface area contributed by atoms with Crippen LogP contribution in [-0.2, 0) is 19.1 Å². The van der Waals surface area contributed by atoms with Crippen molar-refractivity contribution in [3.05, 3.63) is 0 Å². The van der Waals surface area contributed by atoms with Crippen LogP contribution in [-0.4, -0.2) is 50.3 Å². The van der Waals surface area contributed by atoms with Crippen LogP contribution in [0, 0.1) is 0 Å². The Hall–Kier alpha value is -0.320. The number of alkyl halides is 2. The molecule has 0 saturated heterocycles. The molecule has 2 amide bonds. The second kappa shape index (κ2) is 7.80. The molecular formula is C11H18Br2N2O5S. The Bertz CT molecular complexity index is 427. The van der Waals surface area contributed by atoms with Gasteiger partial charge in [-0.25, -0.2) is 4.79 Å². The molecule has 0 aliphatic carbocycles. The van der Waals surface area contributed by atoms with E-state index in [0.717, 1.165) is 0 Å². The first-order valence-electron chi connectivity index (χ1n) is 5.76. The van der Waals surface area contributed by atoms with Crippen LogP contribution in [0.25, 0.3) is 0 Å². The Morgan fingerprint density at radius 3 is 2.00 bits per heavy atom. The summed E-state index contributed by atoms with van der Waals surface area (Å²) in [7, 11) is 1.21. The number of methoxy groups -OCH3 is 1. The Morgan fingerprint density at radius 2 is 1.76 bits per heavy atom. The number of thiol groups is 1. The summed E-state index contributed by atoms with van der Waals surface area (Å²) >= 11 is 10.4. The number of rotatable bonds is 7. The number of nitrogens with one attached hydrogen (secondary N) is 2. The highest BCUT2D eigenvalue weighted by atomic mass is 79.9. The van der Waals surface area contributed by atoms with Gasteiger partial charge in [0.15, 0.2) is 0 Å². The third kappa shape index (κ3) is 5.42. The molecule has 7 nitrogen and oxygen atoms in total. The van der Waals surface area contributed by atoms with Crippen molar-refractivity contribution in [2.24, 2.45) is 0 Å². The van der Waals surface area contributed by atoms with Crippen LogP contribution >= 0.6 is 44.5 Å². The number of carbonyl (C=O) groups is 3. The predicted octanol–water partition coefficient (Wildman–Crippen LogP) is 0.859. The van der Waals surface area contributed by atoms with E-state index in [2.05, 4.69) is 55.1 Å². The Labute approximate surface area is 145 Å². The van der Waals surface area contributed by atoms with Gasteiger partial charge in [-0.15, -0.1) is 0 Å². The number of hydrogen-bond acceptors (Lipinski definition) is 5. The summed E-state index contributed by atoms with van der Waals surface area (Å²) in [6.07, 6.45) is 0. The van der Waals surface area contributed by atoms with Gasteiger partial charge in [-0.3, -0.25) is 9.59 Å². The van der Waals surface area contributed by atoms with E-state index >= 15 is 0 Å². The molecule has 0 bridgehead atoms. The van der Waals surface area contributed by atoms with Crippen molar-refractivity contribution < 1.29 is 24.2 Å². The van der Waals surface area contributed by atoms with Crippen molar-refractivity contribution in [1.29, 1.82) is 0 Å². The fraction of sp³-hybridized carbons (Fsp3) is 0.727. The lowest BCUT2D eigenvalue weighted by molar-refractivity contribution is -0.154. The molecule has 21 heavy (non-hydrogen) atoms. The van der Waals surface area contributed by atoms with Crippen molar-refractivity contribution in [2.45, 2.75) is 41.0 Å². The summed E-state index contributed by atoms with van der Waals surface area (Å²) in [5, 5.41) is 13.9. The molecule has 0 heterocycles. The summed E-state index contributed by atoms with van der Waals surface area (Å²) in [6.45, 7) is 4.30. The average Bonchev–Trinajstić information content (AvgIpc) is 2.29. The molecule has 0 saturated carbocycles. The molecule has 2 atom stereocenters. The highest BCUT2D eigenvalue weighted by molar-refractivity contribution is 9.24. The minimum atomic E-state index is -1.81. The minimum absolute atomic E-state index is 0.520. The quantitative estimate of drug-likeness (QED) is 0.262. The number of carboxylic acids is 1. The average molecular weight is 450 g/mol. The van der Waals surface area contributed by atoms with Gasteiger partial charge in [0, 0.05) is 18.8 Å². The van der Waals surface area contributed by atoms with Gasteiger partial charge >= 0.3 is 5.97 Å². The number of carbonyl (C=O) groups excluding carboxylic acids is 2. The van der Waals surface area contributed by atoms with Crippen molar-refractivity contribution in [3.8, 4) is 0 Å². The maximum absolute atomic E-state index is 12.4. The molecule has 10 heteroatoms. The number of amides is 2. The van der Waals surface area contributed by atoms with E-state index < -0.39 is 38.0 Å². The molecular weight excluding hydrogens is 432 g/mol. The fourth-order valence-corrected chi connectivity index (χ4v) is 2.68. The molecule has 122 valence electrons. The molecule has 0 aromatic carbocycles. The summed E-state index contributed by atoms with van der Waals surface area (Å²) in [6, 6.07) is -1.28. The zero-order valence-electron chi connectivity index (χ0n) is 11.9. The van der Waals surface area contributed by atoms with Crippen LogP contribution in [0.4, 0.5) is 0 Å². The molecule has 0 spiro atoms. The van der Waals surface area contributed by atoms with Gasteiger partial charge in [-0.05, 0) is 13.8 Å². The lowest BCUT2D eigenvalue weighted by Crippen LogP contribution is -2.66. The zero-order chi connectivity index (χ0) is 17.0. The molecule has 0 aromatic rings. The van der Waals surface area contributed by atoms with Gasteiger partial charge in [0.25, 0.3) is 5.91 Å². The van der Waals surface area contributed by atoms with E-state index in [-0.39, 0.29) is 0 Å². The maximum atomic E-state index is 12.4. The van der Waals surface area contributed by atoms with E-state index in [1.54, 1.807) is 13.8 Å². The van der Waals surface area contributed by atoms with Crippen LogP contribution in [0.15, 0.2) is 0 Å². The van der Waals surface area contributed by atoms with Crippen molar-refractivity contribution >= 4 is 62.3 Å². The summed E-state index contributed by atoms with van der Waals surface area (Å²) in [5.74, 6) is -2.60. The van der Waals surface area contributed by atoms with E-state index in [0.29, 0.717) is 0 Å². The van der Waals surface area contributed by atoms with Crippen LogP contribution < -0.4 is 10.6 Å². The first kappa shape index (κ1) is 20.7. The normalized spacial score (nSPS) is 16.0. The number of halogens is 2. The predicted molar refractivity (Wildman–Crippen MR) is 87.8 cm³/mol. The molecule has 3 N–H and O–H groups in total. The lowest BCUT2D eigenvalue weighted by Gasteiger charge is -2.36. The van der Waals surface area contributed by atoms with Gasteiger partial charge < -0.3 is 20.5 Å². The first-order valence-corrected chi connectivity index (χ1v) is 8.04. The molecule has 0 aromatic heterocycles. The van der Waals surface area contributed by atoms with E-state index in [4.69, 9.17) is 4.74 Å². The SMILES string of the molecule is COC(NC(C)=O)(C(=O)N[C@H](C(=O)O)C(C)(C)S)C(Br)Br. The van der Waals surface area contributed by atoms with Crippen molar-refractivity contribution in [1.82, 2.24) is 10.6 Å². The standard InChI is InChI=1S/C11H18Br2N2O5S/c1-5(16)15-11(20-4,8(12)13)9(19)14-6(7(17)18)10(2,3)21/h6,8,21H,1-4H3,(H,14,19)(H,15,16)(H,17,18)/t6-,11?/m1/s1. The van der Waals surface area contributed by atoms with Crippen molar-refractivity contribution in [3.63, 3.8) is 0 Å². The monoisotopic (exact) mass is 448 g/mol. The number of ether oxygens (including phenoxy) is 1. The molecule has 0 radical (unpaired) electrons. The van der Waals surface area contributed by atoms with E-state index in [1.165, 1.54) is 14.0 Å². The minimum Gasteiger partial charge on any atom is -0.480 e. The van der Waals surface area contributed by atoms with E-state index in [1.807, 2.05) is 0 Å². The Balaban J connectivity index is 5.49. The molecule has 0 aliphatic heterocycles. The topological polar surface area (TPSA) is 105 Å². The molecule has 0 fully saturated rings. The van der Waals surface area contributed by atoms with Crippen LogP contribution in [0.5, 0.6) is 0 Å². The summed E-state index contributed by atoms with van der Waals surface area (Å²) < 4.78 is 3.30. The molecule has 0 aliphatic rings. The highest BCUT2D eigenvalue weighted by Gasteiger charge is 2.48. The number of hydrogen-bond donors (Lipinski definition) is 4. The summed E-state index contributed by atoms with van der Waals surface area (Å²) in [5.41, 5.74) is -1.81. The van der Waals surface area contributed by atoms with Gasteiger partial charge in [-0.2, -0.15) is 12.6 Å². The van der Waals surface area contributed by atoms with Crippen LogP contribution in [0.3, 0.4) is 0 Å². The van der Waals surface area contributed by atoms with Gasteiger partial charge in [0.2, 0.25) is 11.6 Å². The van der Waals surface area contributed by atoms with Crippen LogP contribution in [0.2, 0.25) is 0 Å². The van der Waals surface area contributed by atoms with Gasteiger partial charge in [0.05, 0.1) is 0 Å². The second-order valence-electron chi connectivity index (χ2n) is 4.82. The summed E-state index contributed by atoms with van der Waals surface area (Å²) in [4.78, 5) is 35.0. The first-order chi connectivity index (χ1) is 9.38. The van der Waals surface area contributed by atoms with Gasteiger partial charge in [0.1, 0.15) is 9.78 Å².